The summed E-state index contributed by atoms with van der Waals surface area (Å²) < 4.78 is 10.3. The number of benzene rings is 6. The second-order valence-electron chi connectivity index (χ2n) is 16.6. The number of para-hydroxylation sites is 3. The van der Waals surface area contributed by atoms with E-state index >= 15 is 0 Å². The van der Waals surface area contributed by atoms with Gasteiger partial charge in [-0.3, -0.25) is 4.98 Å². The van der Waals surface area contributed by atoms with Gasteiger partial charge in [0.1, 0.15) is 0 Å². The second kappa shape index (κ2) is 18.0. The van der Waals surface area contributed by atoms with Crippen molar-refractivity contribution < 1.29 is 24.5 Å². The zero-order valence-corrected chi connectivity index (χ0v) is 39.5. The molecule has 0 fully saturated rings. The van der Waals surface area contributed by atoms with Crippen LogP contribution in [0.5, 0.6) is 0 Å². The van der Waals surface area contributed by atoms with Gasteiger partial charge in [-0.1, -0.05) is 102 Å². The van der Waals surface area contributed by atoms with Crippen LogP contribution in [-0.4, -0.2) is 32.8 Å². The fourth-order valence-electron chi connectivity index (χ4n) is 8.01. The molecule has 4 heterocycles. The molecule has 61 heavy (non-hydrogen) atoms. The summed E-state index contributed by atoms with van der Waals surface area (Å²) >= 11 is -1.86. The summed E-state index contributed by atoms with van der Waals surface area (Å²) in [5, 5.41) is 1.96. The quantitative estimate of drug-likeness (QED) is 0.112. The van der Waals surface area contributed by atoms with E-state index in [1.165, 1.54) is 5.56 Å². The van der Waals surface area contributed by atoms with Gasteiger partial charge in [0.05, 0.1) is 28.1 Å². The maximum atomic E-state index is 6.51. The van der Waals surface area contributed by atoms with Crippen molar-refractivity contribution in [2.45, 2.75) is 37.5 Å². The SMILES string of the molecule is CC(C)Cc1cc(-c2[c-]cccc2)nc[c]1[Ge]([CH3])([CH3])[CH3].[Ir].[c-]1ccc2c(oc3nc(-c4ccccc4)ccc32)c1-c1nc2ccccc2n1-c1ccccc1-c1ccccc1. The third-order valence-corrected chi connectivity index (χ3v) is 15.1. The van der Waals surface area contributed by atoms with Crippen LogP contribution in [0.15, 0.2) is 174 Å². The van der Waals surface area contributed by atoms with Crippen molar-refractivity contribution in [3.05, 3.63) is 188 Å². The number of fused-ring (bicyclic) bond motifs is 4. The first-order valence-corrected chi connectivity index (χ1v) is 28.0. The minimum Gasteiger partial charge on any atom is -0.486 e. The van der Waals surface area contributed by atoms with Gasteiger partial charge in [0.25, 0.3) is 0 Å². The first kappa shape index (κ1) is 41.8. The van der Waals surface area contributed by atoms with Crippen LogP contribution in [0, 0.1) is 18.1 Å². The van der Waals surface area contributed by atoms with Crippen LogP contribution in [0.4, 0.5) is 0 Å². The van der Waals surface area contributed by atoms with Crippen LogP contribution in [0.2, 0.25) is 17.3 Å². The van der Waals surface area contributed by atoms with Crippen molar-refractivity contribution in [2.24, 2.45) is 5.92 Å². The second-order valence-corrected chi connectivity index (χ2v) is 27.2. The molecule has 0 unspecified atom stereocenters. The van der Waals surface area contributed by atoms with Crippen molar-refractivity contribution in [1.82, 2.24) is 19.5 Å². The van der Waals surface area contributed by atoms with E-state index in [9.17, 15) is 0 Å². The number of imidazole rings is 1. The third kappa shape index (κ3) is 8.67. The molecule has 0 atom stereocenters. The molecule has 0 saturated carbocycles. The van der Waals surface area contributed by atoms with Crippen molar-refractivity contribution in [3.8, 4) is 50.7 Å². The predicted octanol–water partition coefficient (Wildman–Crippen LogP) is 13.4. The molecular formula is C54H46GeIrN4O-2. The molecule has 0 aliphatic rings. The molecule has 0 aliphatic heterocycles. The first-order chi connectivity index (χ1) is 29.2. The Balaban J connectivity index is 0.000000208. The molecule has 7 heteroatoms. The number of furan rings is 1. The van der Waals surface area contributed by atoms with Gasteiger partial charge in [-0.05, 0) is 35.9 Å². The van der Waals surface area contributed by atoms with Gasteiger partial charge in [0, 0.05) is 42.3 Å². The maximum Gasteiger partial charge on any atom is 0.216 e. The van der Waals surface area contributed by atoms with Crippen LogP contribution in [0.3, 0.4) is 0 Å². The van der Waals surface area contributed by atoms with Crippen molar-refractivity contribution in [3.63, 3.8) is 0 Å². The summed E-state index contributed by atoms with van der Waals surface area (Å²) in [6, 6.07) is 62.5. The number of aromatic nitrogens is 4. The molecule has 10 aromatic rings. The van der Waals surface area contributed by atoms with E-state index in [4.69, 9.17) is 19.4 Å². The average molecular weight is 1030 g/mol. The summed E-state index contributed by atoms with van der Waals surface area (Å²) in [5.41, 5.74) is 12.9. The minimum atomic E-state index is -1.86. The van der Waals surface area contributed by atoms with E-state index in [1.807, 2.05) is 72.8 Å². The summed E-state index contributed by atoms with van der Waals surface area (Å²) in [7, 11) is 0. The summed E-state index contributed by atoms with van der Waals surface area (Å²) in [6.07, 6.45) is 3.27. The van der Waals surface area contributed by atoms with Gasteiger partial charge in [-0.15, -0.1) is 18.2 Å². The molecule has 5 nitrogen and oxygen atoms in total. The molecule has 0 aliphatic carbocycles. The average Bonchev–Trinajstić information content (AvgIpc) is 3.85. The number of nitrogens with zero attached hydrogens (tertiary/aromatic N) is 4. The Labute approximate surface area is 374 Å². The summed E-state index contributed by atoms with van der Waals surface area (Å²) in [4.78, 5) is 14.7. The molecule has 0 amide bonds. The monoisotopic (exact) mass is 1030 g/mol. The Morgan fingerprint density at radius 3 is 2.10 bits per heavy atom. The number of rotatable bonds is 8. The maximum absolute atomic E-state index is 6.51. The van der Waals surface area contributed by atoms with Gasteiger partial charge in [-0.2, -0.15) is 0 Å². The molecule has 10 rings (SSSR count). The smallest absolute Gasteiger partial charge is 0.216 e. The Morgan fingerprint density at radius 2 is 1.36 bits per heavy atom. The van der Waals surface area contributed by atoms with Crippen molar-refractivity contribution in [1.29, 1.82) is 0 Å². The molecule has 0 N–H and O–H groups in total. The van der Waals surface area contributed by atoms with Gasteiger partial charge >= 0.3 is 126 Å². The number of pyridine rings is 2. The van der Waals surface area contributed by atoms with E-state index in [0.29, 0.717) is 11.6 Å². The molecule has 1 radical (unpaired) electrons. The normalized spacial score (nSPS) is 11.4. The van der Waals surface area contributed by atoms with Gasteiger partial charge < -0.3 is 8.98 Å². The van der Waals surface area contributed by atoms with Crippen LogP contribution < -0.4 is 4.40 Å². The Hall–Kier alpha value is -5.92. The van der Waals surface area contributed by atoms with Crippen LogP contribution in [0.1, 0.15) is 19.4 Å². The van der Waals surface area contributed by atoms with Gasteiger partial charge in [0.15, 0.2) is 0 Å². The first-order valence-electron chi connectivity index (χ1n) is 20.6. The Bertz CT molecular complexity index is 3080. The molecule has 4 aromatic heterocycles. The molecular weight excluding hydrogens is 985 g/mol. The predicted molar refractivity (Wildman–Crippen MR) is 251 cm³/mol. The van der Waals surface area contributed by atoms with Crippen molar-refractivity contribution >= 4 is 50.8 Å². The zero-order chi connectivity index (χ0) is 41.2. The number of hydrogen-bond acceptors (Lipinski definition) is 4. The fourth-order valence-corrected chi connectivity index (χ4v) is 11.3. The molecule has 303 valence electrons. The molecule has 6 aromatic carbocycles. The standard InChI is InChI=1S/C36H22N3O.C18H24GeN.Ir/c1-3-12-24(13-4-1)26-16-7-9-20-32(26)39-33-21-10-8-19-31(33)37-35(39)29-18-11-17-27-28-22-23-30(25-14-5-2-6-15-25)38-36(28)40-34(27)29;1-14(2)11-16-12-18(15-9-7-6-8-10-15)20-13-17(16)19(3,4)5;/h1-17,19-23H;6-9,12-14H,11H2,1-5H3;/q2*-1;. The molecule has 0 saturated heterocycles. The molecule has 0 bridgehead atoms. The minimum absolute atomic E-state index is 0. The van der Waals surface area contributed by atoms with Crippen LogP contribution >= 0.6 is 0 Å². The third-order valence-electron chi connectivity index (χ3n) is 10.8. The number of hydrogen-bond donors (Lipinski definition) is 0. The van der Waals surface area contributed by atoms with E-state index in [2.05, 4.69) is 145 Å². The Kier molecular flexibility index (Phi) is 12.3. The van der Waals surface area contributed by atoms with E-state index in [0.717, 1.165) is 84.5 Å². The van der Waals surface area contributed by atoms with E-state index in [-0.39, 0.29) is 20.1 Å². The Morgan fingerprint density at radius 1 is 0.656 bits per heavy atom. The largest absolute Gasteiger partial charge is 0.486 e. The molecule has 0 spiro atoms. The van der Waals surface area contributed by atoms with Crippen LogP contribution in [0.25, 0.3) is 83.8 Å². The van der Waals surface area contributed by atoms with Crippen molar-refractivity contribution in [2.75, 3.05) is 0 Å². The van der Waals surface area contributed by atoms with Gasteiger partial charge in [-0.25, -0.2) is 4.98 Å². The van der Waals surface area contributed by atoms with Gasteiger partial charge in [0.2, 0.25) is 5.71 Å². The summed E-state index contributed by atoms with van der Waals surface area (Å²) in [5.74, 6) is 8.77. The topological polar surface area (TPSA) is 56.7 Å². The van der Waals surface area contributed by atoms with E-state index in [1.54, 1.807) is 4.40 Å². The van der Waals surface area contributed by atoms with Crippen LogP contribution in [-0.2, 0) is 26.5 Å². The fraction of sp³-hybridized carbons (Fsp3) is 0.130. The summed E-state index contributed by atoms with van der Waals surface area (Å²) in [6.45, 7) is 4.57. The zero-order valence-electron chi connectivity index (χ0n) is 35.0. The van der Waals surface area contributed by atoms with E-state index < -0.39 is 13.3 Å².